The van der Waals surface area contributed by atoms with Crippen LogP contribution in [0.3, 0.4) is 0 Å². The summed E-state index contributed by atoms with van der Waals surface area (Å²) >= 11 is 0. The first-order chi connectivity index (χ1) is 14.4. The van der Waals surface area contributed by atoms with E-state index < -0.39 is 12.0 Å². The van der Waals surface area contributed by atoms with Gasteiger partial charge in [0, 0.05) is 46.9 Å². The molecule has 1 unspecified atom stereocenters. The smallest absolute Gasteiger partial charge is 0.253 e. The minimum Gasteiger partial charge on any atom is -0.399 e. The number of fused-ring (bicyclic) bond motifs is 1. The summed E-state index contributed by atoms with van der Waals surface area (Å²) < 4.78 is 28.7. The second-order valence-electron chi connectivity index (χ2n) is 7.15. The Morgan fingerprint density at radius 1 is 1.27 bits per heavy atom. The van der Waals surface area contributed by atoms with Crippen molar-refractivity contribution in [2.75, 3.05) is 29.0 Å². The zero-order chi connectivity index (χ0) is 21.7. The average Bonchev–Trinajstić information content (AvgIpc) is 2.71. The van der Waals surface area contributed by atoms with Crippen LogP contribution in [0.2, 0.25) is 0 Å². The van der Waals surface area contributed by atoms with Crippen molar-refractivity contribution in [1.29, 1.82) is 0 Å². The number of hydrogen-bond acceptors (Lipinski definition) is 3. The molecule has 3 N–H and O–H groups in total. The minimum absolute atomic E-state index is 0.0146. The van der Waals surface area contributed by atoms with Gasteiger partial charge >= 0.3 is 0 Å². The minimum atomic E-state index is -1.47. The predicted molar refractivity (Wildman–Crippen MR) is 120 cm³/mol. The second-order valence-corrected chi connectivity index (χ2v) is 7.15. The Hall–Kier alpha value is -3.41. The Morgan fingerprint density at radius 3 is 2.67 bits per heavy atom. The fourth-order valence-electron chi connectivity index (χ4n) is 3.36. The van der Waals surface area contributed by atoms with Gasteiger partial charge in [0.1, 0.15) is 12.0 Å². The zero-order valence-electron chi connectivity index (χ0n) is 17.0. The molecular formula is C24H25F2N3O. The van der Waals surface area contributed by atoms with Gasteiger partial charge in [-0.25, -0.2) is 8.78 Å². The molecule has 30 heavy (non-hydrogen) atoms. The average molecular weight is 409 g/mol. The molecule has 1 heterocycles. The van der Waals surface area contributed by atoms with Crippen LogP contribution >= 0.6 is 0 Å². The summed E-state index contributed by atoms with van der Waals surface area (Å²) in [5, 5.41) is 2.86. The van der Waals surface area contributed by atoms with E-state index in [-0.39, 0.29) is 24.6 Å². The van der Waals surface area contributed by atoms with Gasteiger partial charge in [0.25, 0.3) is 5.91 Å². The van der Waals surface area contributed by atoms with Crippen LogP contribution in [-0.2, 0) is 4.79 Å². The highest BCUT2D eigenvalue weighted by Gasteiger charge is 2.25. The van der Waals surface area contributed by atoms with Gasteiger partial charge in [-0.1, -0.05) is 24.3 Å². The fraction of sp³-hybridized carbons (Fsp3) is 0.208. The summed E-state index contributed by atoms with van der Waals surface area (Å²) in [4.78, 5) is 14.6. The zero-order valence-corrected chi connectivity index (χ0v) is 17.0. The Bertz CT molecular complexity index is 1010. The molecule has 2 aromatic carbocycles. The van der Waals surface area contributed by atoms with E-state index in [9.17, 15) is 13.6 Å². The summed E-state index contributed by atoms with van der Waals surface area (Å²) in [7, 11) is 0. The third kappa shape index (κ3) is 4.95. The highest BCUT2D eigenvalue weighted by Crippen LogP contribution is 2.32. The van der Waals surface area contributed by atoms with E-state index in [1.165, 1.54) is 19.1 Å². The first kappa shape index (κ1) is 21.3. The monoisotopic (exact) mass is 409 g/mol. The fourth-order valence-corrected chi connectivity index (χ4v) is 3.36. The number of nitrogens with one attached hydrogen (secondary N) is 1. The van der Waals surface area contributed by atoms with Crippen molar-refractivity contribution in [3.8, 4) is 0 Å². The van der Waals surface area contributed by atoms with Crippen LogP contribution in [0, 0.1) is 0 Å². The van der Waals surface area contributed by atoms with Crippen molar-refractivity contribution in [3.05, 3.63) is 83.2 Å². The molecule has 0 spiro atoms. The molecule has 0 saturated carbocycles. The van der Waals surface area contributed by atoms with Crippen molar-refractivity contribution >= 4 is 29.0 Å². The topological polar surface area (TPSA) is 58.4 Å². The third-order valence-electron chi connectivity index (χ3n) is 4.87. The number of carbonyl (C=O) groups is 1. The lowest BCUT2D eigenvalue weighted by Gasteiger charge is -2.32. The van der Waals surface area contributed by atoms with Crippen LogP contribution in [-0.4, -0.2) is 25.2 Å². The number of halogens is 2. The molecule has 156 valence electrons. The van der Waals surface area contributed by atoms with Crippen LogP contribution in [0.15, 0.2) is 77.7 Å². The van der Waals surface area contributed by atoms with E-state index in [1.54, 1.807) is 48.2 Å². The van der Waals surface area contributed by atoms with Gasteiger partial charge in [0.05, 0.1) is 0 Å². The summed E-state index contributed by atoms with van der Waals surface area (Å²) in [6.45, 7) is 3.22. The molecule has 0 fully saturated rings. The van der Waals surface area contributed by atoms with Crippen LogP contribution in [0.25, 0.3) is 6.08 Å². The first-order valence-corrected chi connectivity index (χ1v) is 9.75. The first-order valence-electron chi connectivity index (χ1n) is 9.75. The summed E-state index contributed by atoms with van der Waals surface area (Å²) in [6, 6.07) is 14.4. The van der Waals surface area contributed by atoms with E-state index in [0.29, 0.717) is 16.9 Å². The normalized spacial score (nSPS) is 15.3. The van der Waals surface area contributed by atoms with Crippen molar-refractivity contribution in [1.82, 2.24) is 0 Å². The van der Waals surface area contributed by atoms with E-state index in [0.717, 1.165) is 11.3 Å². The van der Waals surface area contributed by atoms with Gasteiger partial charge in [-0.05, 0) is 56.3 Å². The molecule has 1 amide bonds. The van der Waals surface area contributed by atoms with E-state index in [4.69, 9.17) is 5.73 Å². The van der Waals surface area contributed by atoms with Crippen LogP contribution in [0.4, 0.5) is 25.8 Å². The van der Waals surface area contributed by atoms with Gasteiger partial charge in [0.15, 0.2) is 0 Å². The Labute approximate surface area is 175 Å². The maximum absolute atomic E-state index is 14.5. The number of nitrogen functional groups attached to an aromatic ring is 1. The van der Waals surface area contributed by atoms with Crippen molar-refractivity contribution in [2.24, 2.45) is 0 Å². The largest absolute Gasteiger partial charge is 0.399 e. The number of anilines is 3. The third-order valence-corrected chi connectivity index (χ3v) is 4.87. The van der Waals surface area contributed by atoms with Gasteiger partial charge in [0.2, 0.25) is 0 Å². The number of benzene rings is 2. The Morgan fingerprint density at radius 2 is 2.00 bits per heavy atom. The van der Waals surface area contributed by atoms with E-state index >= 15 is 0 Å². The molecule has 0 aromatic heterocycles. The van der Waals surface area contributed by atoms with Crippen LogP contribution in [0.5, 0.6) is 0 Å². The highest BCUT2D eigenvalue weighted by atomic mass is 19.1. The number of nitrogens with zero attached hydrogens (tertiary/aromatic N) is 1. The number of nitrogens with two attached hydrogens (primary N) is 1. The summed E-state index contributed by atoms with van der Waals surface area (Å²) in [5.74, 6) is -0.874. The number of para-hydroxylation sites is 1. The number of carbonyl (C=O) groups excluding carboxylic acids is 1. The number of allylic oxidation sites excluding steroid dienone is 3. The molecule has 1 aliphatic heterocycles. The number of rotatable bonds is 6. The lowest BCUT2D eigenvalue weighted by Crippen LogP contribution is -2.35. The molecule has 1 aliphatic rings. The van der Waals surface area contributed by atoms with Crippen molar-refractivity contribution in [2.45, 2.75) is 20.0 Å². The molecular weight excluding hydrogens is 384 g/mol. The maximum atomic E-state index is 14.5. The van der Waals surface area contributed by atoms with Gasteiger partial charge in [-0.3, -0.25) is 4.79 Å². The lowest BCUT2D eigenvalue weighted by atomic mass is 9.99. The SMILES string of the molecule is C/C=C\C(F)=C(\CN1CC(C(=O)Nc2ccccc2)=Cc2cc(N)ccc21)C(C)F. The maximum Gasteiger partial charge on any atom is 0.253 e. The second kappa shape index (κ2) is 9.39. The van der Waals surface area contributed by atoms with Gasteiger partial charge in [-0.15, -0.1) is 0 Å². The molecule has 1 atom stereocenters. The molecule has 6 heteroatoms. The quantitative estimate of drug-likeness (QED) is 0.505. The van der Waals surface area contributed by atoms with Gasteiger partial charge < -0.3 is 16.0 Å². The number of alkyl halides is 1. The Kier molecular flexibility index (Phi) is 6.67. The molecule has 4 nitrogen and oxygen atoms in total. The van der Waals surface area contributed by atoms with E-state index in [1.807, 2.05) is 18.2 Å². The van der Waals surface area contributed by atoms with Gasteiger partial charge in [-0.2, -0.15) is 0 Å². The highest BCUT2D eigenvalue weighted by molar-refractivity contribution is 6.08. The number of amides is 1. The molecule has 0 bridgehead atoms. The molecule has 0 saturated heterocycles. The lowest BCUT2D eigenvalue weighted by molar-refractivity contribution is -0.112. The van der Waals surface area contributed by atoms with E-state index in [2.05, 4.69) is 5.32 Å². The van der Waals surface area contributed by atoms with Crippen LogP contribution in [0.1, 0.15) is 19.4 Å². The van der Waals surface area contributed by atoms with Crippen molar-refractivity contribution in [3.63, 3.8) is 0 Å². The molecule has 0 radical (unpaired) electrons. The van der Waals surface area contributed by atoms with Crippen LogP contribution < -0.4 is 16.0 Å². The predicted octanol–water partition coefficient (Wildman–Crippen LogP) is 5.27. The molecule has 3 rings (SSSR count). The standard InChI is InChI=1S/C24H25F2N3O/c1-3-7-22(26)21(16(2)25)15-29-14-18(12-17-13-19(27)10-11-23(17)29)24(30)28-20-8-5-4-6-9-20/h3-13,16H,14-15,27H2,1-2H3,(H,28,30)/b7-3-,22-21+. The van der Waals surface area contributed by atoms with Crippen molar-refractivity contribution < 1.29 is 13.6 Å². The summed E-state index contributed by atoms with van der Waals surface area (Å²) in [5.41, 5.74) is 9.15. The summed E-state index contributed by atoms with van der Waals surface area (Å²) in [6.07, 6.45) is 3.08. The molecule has 0 aliphatic carbocycles. The number of hydrogen-bond donors (Lipinski definition) is 2. The molecule has 2 aromatic rings. The Balaban J connectivity index is 1.94.